The summed E-state index contributed by atoms with van der Waals surface area (Å²) in [5.74, 6) is 5.21. The van der Waals surface area contributed by atoms with Gasteiger partial charge in [0.15, 0.2) is 5.82 Å². The summed E-state index contributed by atoms with van der Waals surface area (Å²) >= 11 is 0. The Morgan fingerprint density at radius 1 is 0.970 bits per heavy atom. The minimum Gasteiger partial charge on any atom is -0.489 e. The highest BCUT2D eigenvalue weighted by molar-refractivity contribution is 5.84. The van der Waals surface area contributed by atoms with E-state index in [-0.39, 0.29) is 5.41 Å². The van der Waals surface area contributed by atoms with Gasteiger partial charge in [0.25, 0.3) is 0 Å². The quantitative estimate of drug-likeness (QED) is 0.389. The van der Waals surface area contributed by atoms with Gasteiger partial charge in [-0.25, -0.2) is 0 Å². The van der Waals surface area contributed by atoms with E-state index in [4.69, 9.17) is 14.2 Å². The van der Waals surface area contributed by atoms with Crippen LogP contribution in [-0.4, -0.2) is 15.1 Å². The summed E-state index contributed by atoms with van der Waals surface area (Å²) < 4.78 is 11.8. The molecule has 0 aliphatic heterocycles. The number of hydrogen-bond donors (Lipinski definition) is 1. The fraction of sp³-hybridized carbons (Fsp3) is 0.429. The number of benzene rings is 2. The third-order valence-corrected chi connectivity index (χ3v) is 8.31. The molecule has 4 bridgehead atoms. The summed E-state index contributed by atoms with van der Waals surface area (Å²) in [7, 11) is 0. The summed E-state index contributed by atoms with van der Waals surface area (Å²) in [6, 6.07) is 16.5. The van der Waals surface area contributed by atoms with Crippen molar-refractivity contribution in [1.29, 1.82) is 0 Å². The van der Waals surface area contributed by atoms with Crippen molar-refractivity contribution in [3.63, 3.8) is 0 Å². The van der Waals surface area contributed by atoms with Crippen LogP contribution in [0.1, 0.15) is 61.4 Å². The molecule has 4 aromatic rings. The number of aromatic nitrogens is 3. The molecule has 168 valence electrons. The van der Waals surface area contributed by atoms with E-state index in [2.05, 4.69) is 40.6 Å². The summed E-state index contributed by atoms with van der Waals surface area (Å²) in [6.07, 6.45) is 10.8. The summed E-state index contributed by atoms with van der Waals surface area (Å²) in [5.41, 5.74) is 3.59. The van der Waals surface area contributed by atoms with Crippen LogP contribution in [0.25, 0.3) is 10.9 Å². The molecule has 5 nitrogen and oxygen atoms in total. The maximum absolute atomic E-state index is 5.99. The molecule has 4 fully saturated rings. The highest BCUT2D eigenvalue weighted by Crippen LogP contribution is 2.60. The van der Waals surface area contributed by atoms with E-state index >= 15 is 0 Å². The maximum atomic E-state index is 5.99. The summed E-state index contributed by atoms with van der Waals surface area (Å²) in [6.45, 7) is 0.564. The van der Waals surface area contributed by atoms with Crippen molar-refractivity contribution < 1.29 is 9.26 Å². The number of H-pyrrole nitrogens is 1. The van der Waals surface area contributed by atoms with Crippen molar-refractivity contribution in [1.82, 2.24) is 15.1 Å². The van der Waals surface area contributed by atoms with Gasteiger partial charge in [-0.1, -0.05) is 35.5 Å². The summed E-state index contributed by atoms with van der Waals surface area (Å²) in [4.78, 5) is 8.34. The number of aromatic amines is 1. The standard InChI is InChI=1S/C28H29N3O2/c1-2-4-18(5-3-1)17-32-23-6-7-24-22(16-29-25(24)12-23)11-26-30-27(31-33-26)28-13-19-8-20(14-28)10-21(9-19)15-28/h1-7,12,16,19-21,29H,8-11,13-15,17H2. The normalized spacial score (nSPS) is 27.9. The second-order valence-corrected chi connectivity index (χ2v) is 10.7. The van der Waals surface area contributed by atoms with Gasteiger partial charge in [-0.3, -0.25) is 0 Å². The van der Waals surface area contributed by atoms with Crippen LogP contribution in [0, 0.1) is 17.8 Å². The van der Waals surface area contributed by atoms with E-state index < -0.39 is 0 Å². The Morgan fingerprint density at radius 3 is 2.48 bits per heavy atom. The number of nitrogens with zero attached hydrogens (tertiary/aromatic N) is 2. The topological polar surface area (TPSA) is 63.9 Å². The first kappa shape index (κ1) is 19.4. The number of rotatable bonds is 6. The second-order valence-electron chi connectivity index (χ2n) is 10.7. The summed E-state index contributed by atoms with van der Waals surface area (Å²) in [5, 5.41) is 5.70. The predicted molar refractivity (Wildman–Crippen MR) is 126 cm³/mol. The van der Waals surface area contributed by atoms with Gasteiger partial charge in [0.2, 0.25) is 5.89 Å². The SMILES string of the molecule is c1ccc(COc2ccc3c(Cc4nc(C56CC7CC(CC(C7)C5)C6)no4)c[nH]c3c2)cc1. The van der Waals surface area contributed by atoms with Gasteiger partial charge in [0.1, 0.15) is 12.4 Å². The zero-order chi connectivity index (χ0) is 21.8. The monoisotopic (exact) mass is 439 g/mol. The Labute approximate surface area is 193 Å². The largest absolute Gasteiger partial charge is 0.489 e. The lowest BCUT2D eigenvalue weighted by Gasteiger charge is -2.55. The fourth-order valence-corrected chi connectivity index (χ4v) is 7.23. The van der Waals surface area contributed by atoms with Crippen molar-refractivity contribution in [2.75, 3.05) is 0 Å². The van der Waals surface area contributed by atoms with Crippen LogP contribution in [-0.2, 0) is 18.4 Å². The number of fused-ring (bicyclic) bond motifs is 1. The molecule has 0 spiro atoms. The van der Waals surface area contributed by atoms with E-state index in [1.54, 1.807) is 0 Å². The first-order chi connectivity index (χ1) is 16.2. The molecule has 5 heteroatoms. The lowest BCUT2D eigenvalue weighted by Crippen LogP contribution is -2.49. The first-order valence-corrected chi connectivity index (χ1v) is 12.3. The van der Waals surface area contributed by atoms with E-state index in [0.29, 0.717) is 13.0 Å². The van der Waals surface area contributed by atoms with Crippen LogP contribution in [0.5, 0.6) is 5.75 Å². The number of nitrogens with one attached hydrogen (secondary N) is 1. The van der Waals surface area contributed by atoms with E-state index in [1.165, 1.54) is 49.5 Å². The lowest BCUT2D eigenvalue weighted by atomic mass is 9.49. The van der Waals surface area contributed by atoms with Crippen LogP contribution in [0.15, 0.2) is 59.3 Å². The minimum absolute atomic E-state index is 0.182. The molecule has 4 aliphatic rings. The molecule has 2 aromatic carbocycles. The molecule has 2 aromatic heterocycles. The molecule has 0 radical (unpaired) electrons. The molecule has 2 heterocycles. The molecule has 4 saturated carbocycles. The van der Waals surface area contributed by atoms with Crippen molar-refractivity contribution in [2.45, 2.75) is 57.0 Å². The fourth-order valence-electron chi connectivity index (χ4n) is 7.23. The molecule has 4 aliphatic carbocycles. The molecule has 0 atom stereocenters. The Kier molecular flexibility index (Phi) is 4.39. The molecule has 33 heavy (non-hydrogen) atoms. The molecular weight excluding hydrogens is 410 g/mol. The van der Waals surface area contributed by atoms with Crippen LogP contribution in [0.4, 0.5) is 0 Å². The van der Waals surface area contributed by atoms with Gasteiger partial charge >= 0.3 is 0 Å². The van der Waals surface area contributed by atoms with Gasteiger partial charge in [-0.05, 0) is 79.5 Å². The van der Waals surface area contributed by atoms with Gasteiger partial charge in [0.05, 0.1) is 6.42 Å². The Balaban J connectivity index is 1.08. The first-order valence-electron chi connectivity index (χ1n) is 12.3. The zero-order valence-corrected chi connectivity index (χ0v) is 18.8. The average Bonchev–Trinajstić information content (AvgIpc) is 3.45. The molecule has 0 unspecified atom stereocenters. The Hall–Kier alpha value is -3.08. The molecule has 0 amide bonds. The van der Waals surface area contributed by atoms with E-state index in [9.17, 15) is 0 Å². The lowest BCUT2D eigenvalue weighted by molar-refractivity contribution is -0.0103. The third kappa shape index (κ3) is 3.45. The number of hydrogen-bond acceptors (Lipinski definition) is 4. The average molecular weight is 440 g/mol. The molecule has 1 N–H and O–H groups in total. The molecule has 8 rings (SSSR count). The van der Waals surface area contributed by atoms with Gasteiger partial charge < -0.3 is 14.2 Å². The highest BCUT2D eigenvalue weighted by Gasteiger charge is 2.53. The third-order valence-electron chi connectivity index (χ3n) is 8.31. The van der Waals surface area contributed by atoms with Crippen LogP contribution in [0.3, 0.4) is 0 Å². The second kappa shape index (κ2) is 7.47. The van der Waals surface area contributed by atoms with Crippen molar-refractivity contribution in [2.24, 2.45) is 17.8 Å². The van der Waals surface area contributed by atoms with E-state index in [1.807, 2.05) is 24.3 Å². The van der Waals surface area contributed by atoms with Crippen LogP contribution < -0.4 is 4.74 Å². The molecular formula is C28H29N3O2. The smallest absolute Gasteiger partial charge is 0.231 e. The van der Waals surface area contributed by atoms with Gasteiger partial charge in [-0.2, -0.15) is 4.98 Å². The van der Waals surface area contributed by atoms with Crippen molar-refractivity contribution in [3.8, 4) is 5.75 Å². The highest BCUT2D eigenvalue weighted by atomic mass is 16.5. The minimum atomic E-state index is 0.182. The Bertz CT molecular complexity index is 1250. The Morgan fingerprint density at radius 2 is 1.73 bits per heavy atom. The molecule has 0 saturated heterocycles. The van der Waals surface area contributed by atoms with Gasteiger partial charge in [0, 0.05) is 28.6 Å². The van der Waals surface area contributed by atoms with Crippen molar-refractivity contribution in [3.05, 3.63) is 77.6 Å². The van der Waals surface area contributed by atoms with Crippen LogP contribution >= 0.6 is 0 Å². The van der Waals surface area contributed by atoms with Gasteiger partial charge in [-0.15, -0.1) is 0 Å². The van der Waals surface area contributed by atoms with Crippen LogP contribution in [0.2, 0.25) is 0 Å². The predicted octanol–water partition coefficient (Wildman–Crippen LogP) is 6.19. The zero-order valence-electron chi connectivity index (χ0n) is 18.8. The maximum Gasteiger partial charge on any atom is 0.231 e. The van der Waals surface area contributed by atoms with E-state index in [0.717, 1.165) is 46.3 Å². The van der Waals surface area contributed by atoms with Crippen molar-refractivity contribution >= 4 is 10.9 Å². The number of ether oxygens (including phenoxy) is 1.